The number of carbonyl (C=O) groups excluding carboxylic acids is 1. The van der Waals surface area contributed by atoms with Gasteiger partial charge < -0.3 is 9.88 Å². The number of nitrogens with zero attached hydrogens (tertiary/aromatic N) is 2. The predicted molar refractivity (Wildman–Crippen MR) is 104 cm³/mol. The molecular weight excluding hydrogens is 338 g/mol. The number of H-pyrrole nitrogens is 1. The highest BCUT2D eigenvalue weighted by Crippen LogP contribution is 2.47. The molecular formula is C22H27N3O2. The highest BCUT2D eigenvalue weighted by atomic mass is 16.2. The van der Waals surface area contributed by atoms with Crippen molar-refractivity contribution in [3.8, 4) is 0 Å². The molecule has 2 aliphatic heterocycles. The van der Waals surface area contributed by atoms with Crippen molar-refractivity contribution in [2.24, 2.45) is 17.8 Å². The minimum Gasteiger partial charge on any atom is -0.339 e. The lowest BCUT2D eigenvalue weighted by atomic mass is 9.68. The van der Waals surface area contributed by atoms with Crippen LogP contribution in [0.15, 0.2) is 29.1 Å². The summed E-state index contributed by atoms with van der Waals surface area (Å²) in [4.78, 5) is 34.7. The Morgan fingerprint density at radius 2 is 1.81 bits per heavy atom. The SMILES string of the molecule is O=C(CCCc1nc2ccccc2c(=O)[nH]1)N1CC2CC3CC(C2)CC1C3. The number of amides is 1. The average Bonchev–Trinajstić information content (AvgIpc) is 2.85. The molecule has 6 rings (SSSR count). The van der Waals surface area contributed by atoms with Gasteiger partial charge in [0.25, 0.3) is 5.56 Å². The second kappa shape index (κ2) is 6.77. The lowest BCUT2D eigenvalue weighted by Crippen LogP contribution is -2.42. The summed E-state index contributed by atoms with van der Waals surface area (Å²) < 4.78 is 0. The molecule has 142 valence electrons. The summed E-state index contributed by atoms with van der Waals surface area (Å²) in [7, 11) is 0. The van der Waals surface area contributed by atoms with Crippen LogP contribution in [0.1, 0.15) is 50.8 Å². The molecule has 1 N–H and O–H groups in total. The summed E-state index contributed by atoms with van der Waals surface area (Å²) in [5, 5.41) is 0.618. The lowest BCUT2D eigenvalue weighted by Gasteiger charge is -2.39. The summed E-state index contributed by atoms with van der Waals surface area (Å²) in [5.41, 5.74) is 0.630. The molecule has 2 saturated heterocycles. The zero-order chi connectivity index (χ0) is 18.4. The molecule has 2 saturated carbocycles. The third-order valence-electron chi connectivity index (χ3n) is 6.89. The summed E-state index contributed by atoms with van der Waals surface area (Å²) in [6, 6.07) is 7.87. The number of hydrogen-bond acceptors (Lipinski definition) is 3. The van der Waals surface area contributed by atoms with Gasteiger partial charge in [0.15, 0.2) is 0 Å². The Bertz CT molecular complexity index is 907. The Kier molecular flexibility index (Phi) is 4.25. The first kappa shape index (κ1) is 17.0. The van der Waals surface area contributed by atoms with Crippen LogP contribution in [0.3, 0.4) is 0 Å². The molecule has 4 aliphatic rings. The van der Waals surface area contributed by atoms with E-state index in [-0.39, 0.29) is 5.56 Å². The molecule has 2 unspecified atom stereocenters. The van der Waals surface area contributed by atoms with Crippen LogP contribution in [0.25, 0.3) is 10.9 Å². The molecule has 2 aliphatic carbocycles. The van der Waals surface area contributed by atoms with Crippen LogP contribution in [-0.4, -0.2) is 33.4 Å². The molecule has 5 nitrogen and oxygen atoms in total. The van der Waals surface area contributed by atoms with Crippen molar-refractivity contribution in [1.82, 2.24) is 14.9 Å². The summed E-state index contributed by atoms with van der Waals surface area (Å²) in [6.07, 6.45) is 8.43. The number of fused-ring (bicyclic) bond motifs is 2. The number of benzene rings is 1. The van der Waals surface area contributed by atoms with Crippen LogP contribution in [-0.2, 0) is 11.2 Å². The van der Waals surface area contributed by atoms with Crippen molar-refractivity contribution in [1.29, 1.82) is 0 Å². The predicted octanol–water partition coefficient (Wildman–Crippen LogP) is 3.28. The van der Waals surface area contributed by atoms with Crippen LogP contribution < -0.4 is 5.56 Å². The van der Waals surface area contributed by atoms with Crippen LogP contribution >= 0.6 is 0 Å². The molecule has 27 heavy (non-hydrogen) atoms. The van der Waals surface area contributed by atoms with Gasteiger partial charge in [-0.15, -0.1) is 0 Å². The first-order valence-electron chi connectivity index (χ1n) is 10.4. The molecule has 1 aromatic carbocycles. The zero-order valence-electron chi connectivity index (χ0n) is 15.7. The van der Waals surface area contributed by atoms with Crippen LogP contribution in [0, 0.1) is 17.8 Å². The second-order valence-electron chi connectivity index (χ2n) is 8.86. The number of nitrogens with one attached hydrogen (secondary N) is 1. The van der Waals surface area contributed by atoms with E-state index in [0.717, 1.165) is 36.2 Å². The fraction of sp³-hybridized carbons (Fsp3) is 0.591. The van der Waals surface area contributed by atoms with Gasteiger partial charge in [-0.25, -0.2) is 4.98 Å². The van der Waals surface area contributed by atoms with Crippen LogP contribution in [0.4, 0.5) is 0 Å². The Hall–Kier alpha value is -2.17. The Morgan fingerprint density at radius 1 is 1.07 bits per heavy atom. The van der Waals surface area contributed by atoms with E-state index in [0.29, 0.717) is 36.0 Å². The third kappa shape index (κ3) is 3.28. The molecule has 0 radical (unpaired) electrons. The number of aryl methyl sites for hydroxylation is 1. The van der Waals surface area contributed by atoms with Gasteiger partial charge in [0.2, 0.25) is 5.91 Å². The van der Waals surface area contributed by atoms with Gasteiger partial charge in [0.05, 0.1) is 10.9 Å². The normalized spacial score (nSPS) is 29.3. The maximum absolute atomic E-state index is 12.9. The van der Waals surface area contributed by atoms with Crippen molar-refractivity contribution in [2.75, 3.05) is 6.54 Å². The number of aromatic amines is 1. The van der Waals surface area contributed by atoms with E-state index < -0.39 is 0 Å². The van der Waals surface area contributed by atoms with E-state index in [2.05, 4.69) is 14.9 Å². The fourth-order valence-corrected chi connectivity index (χ4v) is 5.89. The molecule has 4 fully saturated rings. The smallest absolute Gasteiger partial charge is 0.258 e. The molecule has 1 amide bonds. The van der Waals surface area contributed by atoms with Gasteiger partial charge in [-0.3, -0.25) is 9.59 Å². The number of para-hydroxylation sites is 1. The maximum Gasteiger partial charge on any atom is 0.258 e. The maximum atomic E-state index is 12.9. The third-order valence-corrected chi connectivity index (χ3v) is 6.89. The summed E-state index contributed by atoms with van der Waals surface area (Å²) in [5.74, 6) is 3.43. The molecule has 3 heterocycles. The first-order valence-corrected chi connectivity index (χ1v) is 10.4. The van der Waals surface area contributed by atoms with Crippen LogP contribution in [0.2, 0.25) is 0 Å². The fourth-order valence-electron chi connectivity index (χ4n) is 5.89. The van der Waals surface area contributed by atoms with E-state index in [1.54, 1.807) is 6.07 Å². The molecule has 1 aromatic heterocycles. The van der Waals surface area contributed by atoms with Crippen molar-refractivity contribution < 1.29 is 4.79 Å². The lowest BCUT2D eigenvalue weighted by molar-refractivity contribution is -0.134. The second-order valence-corrected chi connectivity index (χ2v) is 8.86. The number of rotatable bonds is 4. The molecule has 2 atom stereocenters. The van der Waals surface area contributed by atoms with Gasteiger partial charge in [-0.1, -0.05) is 12.1 Å². The van der Waals surface area contributed by atoms with Crippen molar-refractivity contribution in [2.45, 2.75) is 57.4 Å². The Labute approximate surface area is 159 Å². The number of aromatic nitrogens is 2. The van der Waals surface area contributed by atoms with Crippen LogP contribution in [0.5, 0.6) is 0 Å². The molecule has 2 aromatic rings. The minimum atomic E-state index is -0.0949. The highest BCUT2D eigenvalue weighted by molar-refractivity contribution is 5.77. The Morgan fingerprint density at radius 3 is 2.63 bits per heavy atom. The number of carbonyl (C=O) groups is 1. The monoisotopic (exact) mass is 365 g/mol. The van der Waals surface area contributed by atoms with Crippen molar-refractivity contribution in [3.05, 3.63) is 40.4 Å². The minimum absolute atomic E-state index is 0.0949. The summed E-state index contributed by atoms with van der Waals surface area (Å²) in [6.45, 7) is 0.974. The largest absolute Gasteiger partial charge is 0.339 e. The van der Waals surface area contributed by atoms with Gasteiger partial charge >= 0.3 is 0 Å². The first-order chi connectivity index (χ1) is 13.2. The zero-order valence-corrected chi connectivity index (χ0v) is 15.7. The Balaban J connectivity index is 1.23. The van der Waals surface area contributed by atoms with E-state index in [1.807, 2.05) is 18.2 Å². The number of hydrogen-bond donors (Lipinski definition) is 1. The van der Waals surface area contributed by atoms with Gasteiger partial charge in [-0.05, 0) is 68.4 Å². The van der Waals surface area contributed by atoms with Crippen molar-refractivity contribution in [3.63, 3.8) is 0 Å². The average molecular weight is 365 g/mol. The summed E-state index contributed by atoms with van der Waals surface area (Å²) >= 11 is 0. The molecule has 0 spiro atoms. The topological polar surface area (TPSA) is 66.1 Å². The van der Waals surface area contributed by atoms with Gasteiger partial charge in [0.1, 0.15) is 5.82 Å². The highest BCUT2D eigenvalue weighted by Gasteiger charge is 2.43. The molecule has 5 heteroatoms. The molecule has 4 bridgehead atoms. The van der Waals surface area contributed by atoms with Gasteiger partial charge in [0, 0.05) is 25.4 Å². The van der Waals surface area contributed by atoms with E-state index >= 15 is 0 Å². The van der Waals surface area contributed by atoms with Gasteiger partial charge in [-0.2, -0.15) is 0 Å². The van der Waals surface area contributed by atoms with Crippen molar-refractivity contribution >= 4 is 16.8 Å². The standard InChI is InChI=1S/C22H27N3O2/c26-21(25-13-16-9-14-8-15(10-16)12-17(25)11-14)7-3-6-20-23-19-5-2-1-4-18(19)22(27)24-20/h1-2,4-5,14-17H,3,6-13H2,(H,23,24,27). The van der Waals surface area contributed by atoms with E-state index in [9.17, 15) is 9.59 Å². The van der Waals surface area contributed by atoms with E-state index in [1.165, 1.54) is 32.1 Å². The van der Waals surface area contributed by atoms with E-state index in [4.69, 9.17) is 0 Å². The quantitative estimate of drug-likeness (QED) is 0.904.